The van der Waals surface area contributed by atoms with E-state index in [4.69, 9.17) is 0 Å². The molecule has 0 atom stereocenters. The lowest BCUT2D eigenvalue weighted by molar-refractivity contribution is 0.109. The van der Waals surface area contributed by atoms with Crippen LogP contribution in [0.25, 0.3) is 10.9 Å². The summed E-state index contributed by atoms with van der Waals surface area (Å²) < 4.78 is 29.4. The quantitative estimate of drug-likeness (QED) is 0.654. The van der Waals surface area contributed by atoms with Crippen molar-refractivity contribution in [2.24, 2.45) is 0 Å². The fourth-order valence-electron chi connectivity index (χ4n) is 6.49. The van der Waals surface area contributed by atoms with E-state index in [0.717, 1.165) is 51.6 Å². The van der Waals surface area contributed by atoms with E-state index in [1.807, 2.05) is 0 Å². The van der Waals surface area contributed by atoms with Crippen molar-refractivity contribution in [1.29, 1.82) is 0 Å². The Morgan fingerprint density at radius 2 is 1.58 bits per heavy atom. The number of rotatable bonds is 7. The molecule has 1 saturated carbocycles. The molecule has 0 radical (unpaired) electrons. The Morgan fingerprint density at radius 3 is 2.27 bits per heavy atom. The molecule has 0 amide bonds. The monoisotopic (exact) mass is 472 g/mol. The van der Waals surface area contributed by atoms with Crippen molar-refractivity contribution in [1.82, 2.24) is 19.1 Å². The zero-order valence-electron chi connectivity index (χ0n) is 20.1. The van der Waals surface area contributed by atoms with E-state index >= 15 is 0 Å². The van der Waals surface area contributed by atoms with Crippen LogP contribution >= 0.6 is 0 Å². The van der Waals surface area contributed by atoms with Gasteiger partial charge in [-0.2, -0.15) is 0 Å². The molecule has 2 saturated heterocycles. The van der Waals surface area contributed by atoms with Crippen LogP contribution in [0.2, 0.25) is 0 Å². The summed E-state index contributed by atoms with van der Waals surface area (Å²) in [6, 6.07) is 9.93. The van der Waals surface area contributed by atoms with Gasteiger partial charge in [-0.25, -0.2) is 13.1 Å². The first kappa shape index (κ1) is 23.3. The lowest BCUT2D eigenvalue weighted by atomic mass is 9.92. The first-order valence-electron chi connectivity index (χ1n) is 13.0. The van der Waals surface area contributed by atoms with Crippen molar-refractivity contribution >= 4 is 20.9 Å². The standard InChI is InChI=1S/C26H40N4O2S/c1-33(31,32)27-19-26-24(20-28-15-7-8-16-28)23-11-5-6-12-25(23)30(26)22-13-17-29(18-14-22)21-9-3-2-4-10-21/h5-6,11-12,21-22,27H,2-4,7-10,13-20H2,1H3. The number of sulfonamides is 1. The number of likely N-dealkylation sites (tertiary alicyclic amines) is 2. The number of aromatic nitrogens is 1. The number of nitrogens with zero attached hydrogens (tertiary/aromatic N) is 3. The van der Waals surface area contributed by atoms with Crippen molar-refractivity contribution in [3.8, 4) is 0 Å². The Morgan fingerprint density at radius 1 is 0.879 bits per heavy atom. The zero-order valence-corrected chi connectivity index (χ0v) is 21.0. The highest BCUT2D eigenvalue weighted by Gasteiger charge is 2.30. The first-order valence-corrected chi connectivity index (χ1v) is 14.9. The van der Waals surface area contributed by atoms with Crippen LogP contribution in [-0.2, 0) is 23.1 Å². The molecular formula is C26H40N4O2S. The number of piperidine rings is 1. The third kappa shape index (κ3) is 5.31. The molecule has 2 aromatic rings. The van der Waals surface area contributed by atoms with Crippen LogP contribution in [0.4, 0.5) is 0 Å². The number of para-hydroxylation sites is 1. The Hall–Kier alpha value is -1.41. The normalized spacial score (nSPS) is 22.5. The topological polar surface area (TPSA) is 57.6 Å². The molecule has 2 aliphatic heterocycles. The van der Waals surface area contributed by atoms with Crippen LogP contribution in [0, 0.1) is 0 Å². The van der Waals surface area contributed by atoms with Crippen molar-refractivity contribution in [2.75, 3.05) is 32.4 Å². The van der Waals surface area contributed by atoms with Gasteiger partial charge in [0, 0.05) is 48.3 Å². The third-order valence-corrected chi connectivity index (χ3v) is 8.83. The first-order chi connectivity index (χ1) is 16.0. The van der Waals surface area contributed by atoms with E-state index < -0.39 is 10.0 Å². The van der Waals surface area contributed by atoms with Crippen LogP contribution in [0.15, 0.2) is 24.3 Å². The lowest BCUT2D eigenvalue weighted by Gasteiger charge is -2.40. The third-order valence-electron chi connectivity index (χ3n) is 8.17. The van der Waals surface area contributed by atoms with Gasteiger partial charge in [0.05, 0.1) is 12.8 Å². The van der Waals surface area contributed by atoms with E-state index in [1.54, 1.807) is 0 Å². The molecule has 33 heavy (non-hydrogen) atoms. The predicted molar refractivity (Wildman–Crippen MR) is 135 cm³/mol. The van der Waals surface area contributed by atoms with Crippen LogP contribution < -0.4 is 4.72 Å². The van der Waals surface area contributed by atoms with Gasteiger partial charge in [-0.1, -0.05) is 37.5 Å². The second-order valence-corrected chi connectivity index (χ2v) is 12.3. The highest BCUT2D eigenvalue weighted by molar-refractivity contribution is 7.88. The van der Waals surface area contributed by atoms with Gasteiger partial charge in [-0.15, -0.1) is 0 Å². The molecule has 6 nitrogen and oxygen atoms in total. The molecule has 3 fully saturated rings. The van der Waals surface area contributed by atoms with Crippen molar-refractivity contribution in [3.05, 3.63) is 35.5 Å². The van der Waals surface area contributed by atoms with Gasteiger partial charge < -0.3 is 9.47 Å². The summed E-state index contributed by atoms with van der Waals surface area (Å²) >= 11 is 0. The number of hydrogen-bond acceptors (Lipinski definition) is 4. The summed E-state index contributed by atoms with van der Waals surface area (Å²) in [7, 11) is -3.26. The number of nitrogens with one attached hydrogen (secondary N) is 1. The van der Waals surface area contributed by atoms with Gasteiger partial charge in [0.25, 0.3) is 0 Å². The molecule has 0 unspecified atom stereocenters. The van der Waals surface area contributed by atoms with E-state index in [0.29, 0.717) is 12.6 Å². The summed E-state index contributed by atoms with van der Waals surface area (Å²) in [5.41, 5.74) is 3.76. The summed E-state index contributed by atoms with van der Waals surface area (Å²) in [4.78, 5) is 5.27. The Bertz CT molecular complexity index is 1040. The van der Waals surface area contributed by atoms with Gasteiger partial charge in [-0.3, -0.25) is 4.90 Å². The number of fused-ring (bicyclic) bond motifs is 1. The van der Waals surface area contributed by atoms with Crippen molar-refractivity contribution in [3.63, 3.8) is 0 Å². The second kappa shape index (κ2) is 10.1. The molecule has 0 bridgehead atoms. The van der Waals surface area contributed by atoms with Gasteiger partial charge in [0.2, 0.25) is 10.0 Å². The average Bonchev–Trinajstić information content (AvgIpc) is 3.45. The summed E-state index contributed by atoms with van der Waals surface area (Å²) in [5.74, 6) is 0. The minimum Gasteiger partial charge on any atom is -0.340 e. The molecule has 5 rings (SSSR count). The predicted octanol–water partition coefficient (Wildman–Crippen LogP) is 4.26. The number of hydrogen-bond donors (Lipinski definition) is 1. The van der Waals surface area contributed by atoms with E-state index in [2.05, 4.69) is 43.4 Å². The SMILES string of the molecule is CS(=O)(=O)NCc1c(CN2CCCC2)c2ccccc2n1C1CCN(C2CCCCC2)CC1. The maximum Gasteiger partial charge on any atom is 0.209 e. The summed E-state index contributed by atoms with van der Waals surface area (Å²) in [6.07, 6.45) is 13.0. The van der Waals surface area contributed by atoms with Crippen LogP contribution in [0.1, 0.15) is 75.1 Å². The summed E-state index contributed by atoms with van der Waals surface area (Å²) in [5, 5.41) is 1.30. The van der Waals surface area contributed by atoms with Crippen LogP contribution in [0.3, 0.4) is 0 Å². The fraction of sp³-hybridized carbons (Fsp3) is 0.692. The number of benzene rings is 1. The smallest absolute Gasteiger partial charge is 0.209 e. The minimum atomic E-state index is -3.26. The molecule has 3 aliphatic rings. The van der Waals surface area contributed by atoms with Gasteiger partial charge in [0.1, 0.15) is 0 Å². The molecule has 182 valence electrons. The molecule has 1 aromatic heterocycles. The Labute approximate surface area is 199 Å². The largest absolute Gasteiger partial charge is 0.340 e. The zero-order chi connectivity index (χ0) is 22.8. The molecule has 1 aliphatic carbocycles. The molecule has 3 heterocycles. The second-order valence-electron chi connectivity index (χ2n) is 10.4. The van der Waals surface area contributed by atoms with Gasteiger partial charge in [0.15, 0.2) is 0 Å². The minimum absolute atomic E-state index is 0.375. The average molecular weight is 473 g/mol. The highest BCUT2D eigenvalue weighted by atomic mass is 32.2. The molecule has 1 aromatic carbocycles. The van der Waals surface area contributed by atoms with Crippen LogP contribution in [-0.4, -0.2) is 61.3 Å². The van der Waals surface area contributed by atoms with E-state index in [1.165, 1.54) is 73.4 Å². The van der Waals surface area contributed by atoms with E-state index in [-0.39, 0.29) is 0 Å². The Balaban J connectivity index is 1.46. The summed E-state index contributed by atoms with van der Waals surface area (Å²) in [6.45, 7) is 5.87. The molecular weight excluding hydrogens is 432 g/mol. The maximum absolute atomic E-state index is 12.0. The molecule has 1 N–H and O–H groups in total. The van der Waals surface area contributed by atoms with Crippen molar-refractivity contribution < 1.29 is 8.42 Å². The Kier molecular flexibility index (Phi) is 7.12. The van der Waals surface area contributed by atoms with Crippen LogP contribution in [0.5, 0.6) is 0 Å². The van der Waals surface area contributed by atoms with Crippen molar-refractivity contribution in [2.45, 2.75) is 83.0 Å². The molecule has 0 spiro atoms. The fourth-order valence-corrected chi connectivity index (χ4v) is 6.89. The highest BCUT2D eigenvalue weighted by Crippen LogP contribution is 2.36. The lowest BCUT2D eigenvalue weighted by Crippen LogP contribution is -2.43. The molecule has 7 heteroatoms. The van der Waals surface area contributed by atoms with E-state index in [9.17, 15) is 8.42 Å². The van der Waals surface area contributed by atoms with Gasteiger partial charge >= 0.3 is 0 Å². The van der Waals surface area contributed by atoms with Gasteiger partial charge in [-0.05, 0) is 63.2 Å². The maximum atomic E-state index is 12.0.